The second-order valence-corrected chi connectivity index (χ2v) is 7.58. The van der Waals surface area contributed by atoms with Gasteiger partial charge in [0.1, 0.15) is 0 Å². The van der Waals surface area contributed by atoms with Crippen LogP contribution in [-0.4, -0.2) is 20.6 Å². The van der Waals surface area contributed by atoms with E-state index >= 15 is 0 Å². The summed E-state index contributed by atoms with van der Waals surface area (Å²) in [7, 11) is -3.36. The Morgan fingerprint density at radius 1 is 1.09 bits per heavy atom. The highest BCUT2D eigenvalue weighted by molar-refractivity contribution is 7.90. The number of sulfone groups is 1. The number of hydrogen-bond donors (Lipinski definition) is 1. The molecule has 1 N–H and O–H groups in total. The number of nitrogens with one attached hydrogen (secondary N) is 1. The maximum absolute atomic E-state index is 12.1. The van der Waals surface area contributed by atoms with Crippen LogP contribution in [0.3, 0.4) is 0 Å². The molecule has 0 bridgehead atoms. The molecule has 0 unspecified atom stereocenters. The normalized spacial score (nSPS) is 11.2. The van der Waals surface area contributed by atoms with Crippen LogP contribution in [-0.2, 0) is 16.4 Å². The van der Waals surface area contributed by atoms with Crippen LogP contribution in [0.1, 0.15) is 15.9 Å². The summed E-state index contributed by atoms with van der Waals surface area (Å²) in [5.41, 5.74) is 1.12. The zero-order valence-electron chi connectivity index (χ0n) is 11.6. The van der Waals surface area contributed by atoms with Crippen molar-refractivity contribution in [3.63, 3.8) is 0 Å². The van der Waals surface area contributed by atoms with E-state index in [-0.39, 0.29) is 21.4 Å². The number of hydrogen-bond acceptors (Lipinski definition) is 3. The summed E-state index contributed by atoms with van der Waals surface area (Å²) in [6.07, 6.45) is 1.08. The molecule has 0 spiro atoms. The first-order valence-electron chi connectivity index (χ1n) is 6.29. The van der Waals surface area contributed by atoms with Crippen LogP contribution in [0.4, 0.5) is 0 Å². The maximum Gasteiger partial charge on any atom is 0.253 e. The van der Waals surface area contributed by atoms with E-state index < -0.39 is 9.84 Å². The summed E-state index contributed by atoms with van der Waals surface area (Å²) in [6.45, 7) is 0.320. The third kappa shape index (κ3) is 4.22. The average Bonchev–Trinajstić information content (AvgIpc) is 2.45. The second-order valence-electron chi connectivity index (χ2n) is 4.72. The molecule has 0 heterocycles. The van der Waals surface area contributed by atoms with Crippen LogP contribution < -0.4 is 5.32 Å². The standard InChI is InChI=1S/C15H13Cl2NO3S/c1-22(20,21)12-6-7-13(14(17)8-12)15(19)18-9-10-2-4-11(16)5-3-10/h2-8H,9H2,1H3,(H,18,19). The maximum atomic E-state index is 12.1. The van der Waals surface area contributed by atoms with Gasteiger partial charge in [-0.05, 0) is 35.9 Å². The molecule has 0 aliphatic rings. The van der Waals surface area contributed by atoms with Crippen LogP contribution in [0.5, 0.6) is 0 Å². The first-order valence-corrected chi connectivity index (χ1v) is 8.94. The van der Waals surface area contributed by atoms with Crippen molar-refractivity contribution >= 4 is 38.9 Å². The molecule has 0 atom stereocenters. The Bertz CT molecular complexity index is 802. The number of carbonyl (C=O) groups is 1. The Balaban J connectivity index is 2.11. The molecule has 2 aromatic carbocycles. The monoisotopic (exact) mass is 357 g/mol. The molecule has 0 saturated heterocycles. The quantitative estimate of drug-likeness (QED) is 0.912. The van der Waals surface area contributed by atoms with E-state index in [0.717, 1.165) is 11.8 Å². The summed E-state index contributed by atoms with van der Waals surface area (Å²) < 4.78 is 22.9. The van der Waals surface area contributed by atoms with Gasteiger partial charge in [-0.25, -0.2) is 8.42 Å². The molecular weight excluding hydrogens is 345 g/mol. The highest BCUT2D eigenvalue weighted by Crippen LogP contribution is 2.21. The van der Waals surface area contributed by atoms with Gasteiger partial charge in [0.05, 0.1) is 15.5 Å². The van der Waals surface area contributed by atoms with Crippen molar-refractivity contribution in [3.8, 4) is 0 Å². The summed E-state index contributed by atoms with van der Waals surface area (Å²) in [5.74, 6) is -0.375. The van der Waals surface area contributed by atoms with Crippen molar-refractivity contribution in [2.75, 3.05) is 6.26 Å². The average molecular weight is 358 g/mol. The van der Waals surface area contributed by atoms with Crippen LogP contribution in [0.15, 0.2) is 47.4 Å². The van der Waals surface area contributed by atoms with E-state index in [4.69, 9.17) is 23.2 Å². The molecule has 22 heavy (non-hydrogen) atoms. The molecule has 0 fully saturated rings. The van der Waals surface area contributed by atoms with Crippen molar-refractivity contribution in [1.29, 1.82) is 0 Å². The Hall–Kier alpha value is -1.56. The molecule has 0 saturated carbocycles. The van der Waals surface area contributed by atoms with Gasteiger partial charge in [-0.2, -0.15) is 0 Å². The fraction of sp³-hybridized carbons (Fsp3) is 0.133. The van der Waals surface area contributed by atoms with Gasteiger partial charge >= 0.3 is 0 Å². The molecule has 0 aromatic heterocycles. The lowest BCUT2D eigenvalue weighted by Crippen LogP contribution is -2.23. The van der Waals surface area contributed by atoms with Crippen molar-refractivity contribution < 1.29 is 13.2 Å². The number of amides is 1. The van der Waals surface area contributed by atoms with Gasteiger partial charge in [0, 0.05) is 17.8 Å². The number of rotatable bonds is 4. The van der Waals surface area contributed by atoms with Gasteiger partial charge in [-0.1, -0.05) is 35.3 Å². The summed E-state index contributed by atoms with van der Waals surface area (Å²) in [4.78, 5) is 12.2. The van der Waals surface area contributed by atoms with E-state index in [9.17, 15) is 13.2 Å². The lowest BCUT2D eigenvalue weighted by atomic mass is 10.2. The number of carbonyl (C=O) groups excluding carboxylic acids is 1. The van der Waals surface area contributed by atoms with Gasteiger partial charge in [0.2, 0.25) is 0 Å². The van der Waals surface area contributed by atoms with E-state index in [1.165, 1.54) is 18.2 Å². The van der Waals surface area contributed by atoms with E-state index in [0.29, 0.717) is 11.6 Å². The Morgan fingerprint density at radius 2 is 1.73 bits per heavy atom. The molecule has 7 heteroatoms. The predicted octanol–water partition coefficient (Wildman–Crippen LogP) is 3.33. The summed E-state index contributed by atoms with van der Waals surface area (Å²) >= 11 is 11.8. The molecule has 2 rings (SSSR count). The van der Waals surface area contributed by atoms with Crippen LogP contribution in [0.25, 0.3) is 0 Å². The number of halogens is 2. The minimum Gasteiger partial charge on any atom is -0.348 e. The molecule has 116 valence electrons. The van der Waals surface area contributed by atoms with E-state index in [1.807, 2.05) is 0 Å². The van der Waals surface area contributed by atoms with Crippen LogP contribution >= 0.6 is 23.2 Å². The van der Waals surface area contributed by atoms with E-state index in [1.54, 1.807) is 24.3 Å². The Labute approximate surface area is 139 Å². The first kappa shape index (κ1) is 16.8. The van der Waals surface area contributed by atoms with Crippen LogP contribution in [0.2, 0.25) is 10.0 Å². The van der Waals surface area contributed by atoms with E-state index in [2.05, 4.69) is 5.32 Å². The molecule has 0 aliphatic carbocycles. The van der Waals surface area contributed by atoms with Crippen molar-refractivity contribution in [3.05, 3.63) is 63.6 Å². The third-order valence-corrected chi connectivity index (χ3v) is 4.65. The van der Waals surface area contributed by atoms with Gasteiger partial charge in [-0.3, -0.25) is 4.79 Å². The Kier molecular flexibility index (Phi) is 5.11. The largest absolute Gasteiger partial charge is 0.348 e. The summed E-state index contributed by atoms with van der Waals surface area (Å²) in [5, 5.41) is 3.43. The van der Waals surface area contributed by atoms with Crippen molar-refractivity contribution in [1.82, 2.24) is 5.32 Å². The first-order chi connectivity index (χ1) is 10.3. The van der Waals surface area contributed by atoms with Crippen LogP contribution in [0, 0.1) is 0 Å². The van der Waals surface area contributed by atoms with Gasteiger partial charge in [0.25, 0.3) is 5.91 Å². The van der Waals surface area contributed by atoms with Crippen molar-refractivity contribution in [2.24, 2.45) is 0 Å². The molecule has 0 radical (unpaired) electrons. The fourth-order valence-corrected chi connectivity index (χ4v) is 2.89. The zero-order valence-corrected chi connectivity index (χ0v) is 14.0. The topological polar surface area (TPSA) is 63.2 Å². The second kappa shape index (κ2) is 6.69. The fourth-order valence-electron chi connectivity index (χ4n) is 1.79. The molecular formula is C15H13Cl2NO3S. The lowest BCUT2D eigenvalue weighted by Gasteiger charge is -2.08. The SMILES string of the molecule is CS(=O)(=O)c1ccc(C(=O)NCc2ccc(Cl)cc2)c(Cl)c1. The summed E-state index contributed by atoms with van der Waals surface area (Å²) in [6, 6.07) is 11.1. The minimum atomic E-state index is -3.36. The third-order valence-electron chi connectivity index (χ3n) is 2.98. The zero-order chi connectivity index (χ0) is 16.3. The highest BCUT2D eigenvalue weighted by atomic mass is 35.5. The molecule has 0 aliphatic heterocycles. The van der Waals surface area contributed by atoms with Gasteiger partial charge in [-0.15, -0.1) is 0 Å². The van der Waals surface area contributed by atoms with Crippen molar-refractivity contribution in [2.45, 2.75) is 11.4 Å². The Morgan fingerprint density at radius 3 is 2.27 bits per heavy atom. The molecule has 2 aromatic rings. The molecule has 4 nitrogen and oxygen atoms in total. The lowest BCUT2D eigenvalue weighted by molar-refractivity contribution is 0.0951. The van der Waals surface area contributed by atoms with Gasteiger partial charge < -0.3 is 5.32 Å². The smallest absolute Gasteiger partial charge is 0.253 e. The van der Waals surface area contributed by atoms with Gasteiger partial charge in [0.15, 0.2) is 9.84 Å². The number of benzene rings is 2. The highest BCUT2D eigenvalue weighted by Gasteiger charge is 2.14. The predicted molar refractivity (Wildman–Crippen MR) is 87.2 cm³/mol. The molecule has 1 amide bonds. The minimum absolute atomic E-state index is 0.0757.